The molecule has 104 valence electrons. The molecule has 5 nitrogen and oxygen atoms in total. The van der Waals surface area contributed by atoms with Crippen molar-refractivity contribution in [3.63, 3.8) is 0 Å². The van der Waals surface area contributed by atoms with Crippen molar-refractivity contribution in [2.45, 2.75) is 0 Å². The number of aromatic nitrogens is 1. The maximum Gasteiger partial charge on any atom is 0.337 e. The molecule has 0 aliphatic heterocycles. The fraction of sp³-hybridized carbons (Fsp3) is 0.0714. The molecule has 0 unspecified atom stereocenters. The van der Waals surface area contributed by atoms with E-state index in [1.807, 2.05) is 0 Å². The molecule has 0 spiro atoms. The van der Waals surface area contributed by atoms with Gasteiger partial charge in [0.1, 0.15) is 0 Å². The summed E-state index contributed by atoms with van der Waals surface area (Å²) in [6, 6.07) is 9.88. The number of hydrogen-bond donors (Lipinski definition) is 1. The lowest BCUT2D eigenvalue weighted by molar-refractivity contribution is 0.0600. The molecule has 2 rings (SSSR count). The first-order valence-corrected chi connectivity index (χ1v) is 5.60. The molecule has 0 fully saturated rings. The first-order valence-electron chi connectivity index (χ1n) is 5.60. The Morgan fingerprint density at radius 1 is 1.15 bits per heavy atom. The lowest BCUT2D eigenvalue weighted by Crippen LogP contribution is -2.12. The number of benzene rings is 1. The first kappa shape index (κ1) is 15.7. The van der Waals surface area contributed by atoms with Crippen LogP contribution < -0.4 is 5.32 Å². The average Bonchev–Trinajstić information content (AvgIpc) is 2.47. The standard InChI is InChI=1S/C14H12N2O3.ClH/c1-19-14(18)10-4-2-6-12(8-10)16-13(17)11-5-3-7-15-9-11;/h2-9H,1H3,(H,16,17);1H. The maximum absolute atomic E-state index is 11.9. The van der Waals surface area contributed by atoms with Crippen LogP contribution >= 0.6 is 12.4 Å². The Bertz CT molecular complexity index is 602. The molecule has 0 saturated heterocycles. The number of ether oxygens (including phenoxy) is 1. The van der Waals surface area contributed by atoms with E-state index in [0.29, 0.717) is 16.8 Å². The Labute approximate surface area is 122 Å². The van der Waals surface area contributed by atoms with Crippen LogP contribution in [-0.4, -0.2) is 24.0 Å². The molecule has 1 heterocycles. The topological polar surface area (TPSA) is 68.3 Å². The third-order valence-electron chi connectivity index (χ3n) is 2.47. The Balaban J connectivity index is 0.00000200. The molecule has 0 atom stereocenters. The number of amides is 1. The monoisotopic (exact) mass is 292 g/mol. The number of halogens is 1. The summed E-state index contributed by atoms with van der Waals surface area (Å²) in [5, 5.41) is 2.69. The van der Waals surface area contributed by atoms with Gasteiger partial charge in [-0.05, 0) is 30.3 Å². The first-order chi connectivity index (χ1) is 9.20. The zero-order chi connectivity index (χ0) is 13.7. The van der Waals surface area contributed by atoms with E-state index in [4.69, 9.17) is 0 Å². The number of methoxy groups -OCH3 is 1. The molecular weight excluding hydrogens is 280 g/mol. The van der Waals surface area contributed by atoms with Gasteiger partial charge in [-0.1, -0.05) is 6.07 Å². The summed E-state index contributed by atoms with van der Waals surface area (Å²) in [6.07, 6.45) is 3.06. The van der Waals surface area contributed by atoms with Crippen LogP contribution in [0.15, 0.2) is 48.8 Å². The van der Waals surface area contributed by atoms with Crippen molar-refractivity contribution in [3.05, 3.63) is 59.9 Å². The zero-order valence-electron chi connectivity index (χ0n) is 10.7. The third kappa shape index (κ3) is 3.80. The SMILES string of the molecule is COC(=O)c1cccc(NC(=O)c2cccnc2)c1.Cl. The van der Waals surface area contributed by atoms with Crippen LogP contribution in [0.5, 0.6) is 0 Å². The molecule has 0 aliphatic rings. The van der Waals surface area contributed by atoms with Gasteiger partial charge < -0.3 is 10.1 Å². The van der Waals surface area contributed by atoms with Gasteiger partial charge in [0.2, 0.25) is 0 Å². The Hall–Kier alpha value is -2.40. The highest BCUT2D eigenvalue weighted by Crippen LogP contribution is 2.12. The van der Waals surface area contributed by atoms with Crippen molar-refractivity contribution in [1.82, 2.24) is 4.98 Å². The summed E-state index contributed by atoms with van der Waals surface area (Å²) >= 11 is 0. The molecule has 6 heteroatoms. The minimum absolute atomic E-state index is 0. The Morgan fingerprint density at radius 3 is 2.55 bits per heavy atom. The maximum atomic E-state index is 11.9. The van der Waals surface area contributed by atoms with Gasteiger partial charge in [0.25, 0.3) is 5.91 Å². The second kappa shape index (κ2) is 7.25. The van der Waals surface area contributed by atoms with Gasteiger partial charge in [-0.15, -0.1) is 12.4 Å². The van der Waals surface area contributed by atoms with Crippen LogP contribution in [-0.2, 0) is 4.74 Å². The van der Waals surface area contributed by atoms with Gasteiger partial charge in [-0.25, -0.2) is 4.79 Å². The lowest BCUT2D eigenvalue weighted by Gasteiger charge is -2.06. The van der Waals surface area contributed by atoms with Crippen LogP contribution in [0, 0.1) is 0 Å². The highest BCUT2D eigenvalue weighted by molar-refractivity contribution is 6.04. The second-order valence-corrected chi connectivity index (χ2v) is 3.77. The molecule has 2 aromatic rings. The molecule has 20 heavy (non-hydrogen) atoms. The number of pyridine rings is 1. The summed E-state index contributed by atoms with van der Waals surface area (Å²) < 4.78 is 4.62. The summed E-state index contributed by atoms with van der Waals surface area (Å²) in [7, 11) is 1.31. The minimum atomic E-state index is -0.447. The van der Waals surface area contributed by atoms with Gasteiger partial charge in [0.15, 0.2) is 0 Å². The Morgan fingerprint density at radius 2 is 1.90 bits per heavy atom. The van der Waals surface area contributed by atoms with Crippen LogP contribution in [0.3, 0.4) is 0 Å². The number of carbonyl (C=O) groups excluding carboxylic acids is 2. The fourth-order valence-electron chi connectivity index (χ4n) is 1.54. The molecule has 1 aromatic heterocycles. The number of anilines is 1. The smallest absolute Gasteiger partial charge is 0.337 e. The lowest BCUT2D eigenvalue weighted by atomic mass is 10.2. The second-order valence-electron chi connectivity index (χ2n) is 3.77. The zero-order valence-corrected chi connectivity index (χ0v) is 11.5. The average molecular weight is 293 g/mol. The number of carbonyl (C=O) groups is 2. The van der Waals surface area contributed by atoms with E-state index in [1.54, 1.807) is 42.6 Å². The third-order valence-corrected chi connectivity index (χ3v) is 2.47. The van der Waals surface area contributed by atoms with E-state index in [9.17, 15) is 9.59 Å². The number of rotatable bonds is 3. The molecule has 1 amide bonds. The van der Waals surface area contributed by atoms with Crippen molar-refractivity contribution in [2.24, 2.45) is 0 Å². The van der Waals surface area contributed by atoms with E-state index in [0.717, 1.165) is 0 Å². The molecule has 0 bridgehead atoms. The number of nitrogens with one attached hydrogen (secondary N) is 1. The van der Waals surface area contributed by atoms with Crippen molar-refractivity contribution >= 4 is 30.0 Å². The van der Waals surface area contributed by atoms with E-state index in [1.165, 1.54) is 13.3 Å². The predicted molar refractivity (Wildman–Crippen MR) is 77.2 cm³/mol. The van der Waals surface area contributed by atoms with E-state index >= 15 is 0 Å². The van der Waals surface area contributed by atoms with Crippen molar-refractivity contribution < 1.29 is 14.3 Å². The molecule has 0 aliphatic carbocycles. The van der Waals surface area contributed by atoms with Crippen molar-refractivity contribution in [1.29, 1.82) is 0 Å². The van der Waals surface area contributed by atoms with Gasteiger partial charge in [-0.2, -0.15) is 0 Å². The number of hydrogen-bond acceptors (Lipinski definition) is 4. The molecule has 1 aromatic carbocycles. The minimum Gasteiger partial charge on any atom is -0.465 e. The quantitative estimate of drug-likeness (QED) is 0.883. The highest BCUT2D eigenvalue weighted by atomic mass is 35.5. The van der Waals surface area contributed by atoms with E-state index < -0.39 is 5.97 Å². The van der Waals surface area contributed by atoms with E-state index in [2.05, 4.69) is 15.0 Å². The van der Waals surface area contributed by atoms with Crippen LogP contribution in [0.4, 0.5) is 5.69 Å². The van der Waals surface area contributed by atoms with Gasteiger partial charge in [0, 0.05) is 18.1 Å². The number of nitrogens with zero attached hydrogens (tertiary/aromatic N) is 1. The molecular formula is C14H13ClN2O3. The molecule has 1 N–H and O–H groups in total. The Kier molecular flexibility index (Phi) is 5.68. The van der Waals surface area contributed by atoms with Crippen molar-refractivity contribution in [2.75, 3.05) is 12.4 Å². The van der Waals surface area contributed by atoms with Gasteiger partial charge in [0.05, 0.1) is 18.2 Å². The van der Waals surface area contributed by atoms with Crippen LogP contribution in [0.25, 0.3) is 0 Å². The van der Waals surface area contributed by atoms with Crippen LogP contribution in [0.1, 0.15) is 20.7 Å². The highest BCUT2D eigenvalue weighted by Gasteiger charge is 2.09. The largest absolute Gasteiger partial charge is 0.465 e. The summed E-state index contributed by atoms with van der Waals surface area (Å²) in [5.74, 6) is -0.729. The normalized spacial score (nSPS) is 9.25. The predicted octanol–water partition coefficient (Wildman–Crippen LogP) is 2.54. The fourth-order valence-corrected chi connectivity index (χ4v) is 1.54. The van der Waals surface area contributed by atoms with Gasteiger partial charge >= 0.3 is 5.97 Å². The molecule has 0 saturated carbocycles. The molecule has 0 radical (unpaired) electrons. The number of esters is 1. The summed E-state index contributed by atoms with van der Waals surface area (Å²) in [6.45, 7) is 0. The van der Waals surface area contributed by atoms with Crippen molar-refractivity contribution in [3.8, 4) is 0 Å². The van der Waals surface area contributed by atoms with E-state index in [-0.39, 0.29) is 18.3 Å². The van der Waals surface area contributed by atoms with Crippen LogP contribution in [0.2, 0.25) is 0 Å². The summed E-state index contributed by atoms with van der Waals surface area (Å²) in [5.41, 5.74) is 1.36. The van der Waals surface area contributed by atoms with Gasteiger partial charge in [-0.3, -0.25) is 9.78 Å². The summed E-state index contributed by atoms with van der Waals surface area (Å²) in [4.78, 5) is 27.1.